The minimum absolute atomic E-state index is 0.0397. The predicted molar refractivity (Wildman–Crippen MR) is 77.7 cm³/mol. The van der Waals surface area contributed by atoms with E-state index < -0.39 is 15.6 Å². The van der Waals surface area contributed by atoms with E-state index in [1.165, 1.54) is 12.1 Å². The molecule has 1 amide bonds. The van der Waals surface area contributed by atoms with Gasteiger partial charge < -0.3 is 10.4 Å². The van der Waals surface area contributed by atoms with Gasteiger partial charge >= 0.3 is 0 Å². The van der Waals surface area contributed by atoms with Gasteiger partial charge in [-0.05, 0) is 30.5 Å². The van der Waals surface area contributed by atoms with E-state index in [2.05, 4.69) is 5.32 Å². The van der Waals surface area contributed by atoms with Crippen molar-refractivity contribution in [2.24, 2.45) is 5.14 Å². The highest BCUT2D eigenvalue weighted by atomic mass is 32.2. The summed E-state index contributed by atoms with van der Waals surface area (Å²) in [7, 11) is -3.70. The molecule has 116 valence electrons. The van der Waals surface area contributed by atoms with Crippen molar-refractivity contribution in [3.63, 3.8) is 0 Å². The molecular weight excluding hydrogens is 292 g/mol. The molecule has 1 aromatic rings. The van der Waals surface area contributed by atoms with Crippen LogP contribution in [0.5, 0.6) is 0 Å². The van der Waals surface area contributed by atoms with Crippen LogP contribution in [0.2, 0.25) is 0 Å². The topological polar surface area (TPSA) is 109 Å². The number of aliphatic hydroxyl groups is 1. The summed E-state index contributed by atoms with van der Waals surface area (Å²) in [6.07, 6.45) is 3.37. The second-order valence-electron chi connectivity index (χ2n) is 5.57. The van der Waals surface area contributed by atoms with Crippen LogP contribution < -0.4 is 10.5 Å². The summed E-state index contributed by atoms with van der Waals surface area (Å²) in [6, 6.07) is 6.01. The van der Waals surface area contributed by atoms with E-state index in [0.29, 0.717) is 19.4 Å². The number of benzene rings is 1. The lowest BCUT2D eigenvalue weighted by Crippen LogP contribution is -2.34. The quantitative estimate of drug-likeness (QED) is 0.741. The summed E-state index contributed by atoms with van der Waals surface area (Å²) in [4.78, 5) is 11.9. The highest BCUT2D eigenvalue weighted by molar-refractivity contribution is 7.89. The van der Waals surface area contributed by atoms with Gasteiger partial charge in [0, 0.05) is 6.54 Å². The summed E-state index contributed by atoms with van der Waals surface area (Å²) in [5.41, 5.74) is -0.0872. The number of hydrogen-bond donors (Lipinski definition) is 3. The first-order chi connectivity index (χ1) is 9.78. The Labute approximate surface area is 124 Å². The van der Waals surface area contributed by atoms with E-state index in [9.17, 15) is 18.3 Å². The number of carbonyl (C=O) groups excluding carboxylic acids is 1. The lowest BCUT2D eigenvalue weighted by molar-refractivity contribution is -0.126. The molecule has 1 aliphatic carbocycles. The Bertz CT molecular complexity index is 604. The number of amides is 1. The number of nitrogens with two attached hydrogens (primary N) is 1. The molecule has 6 nitrogen and oxygen atoms in total. The summed E-state index contributed by atoms with van der Waals surface area (Å²) in [6.45, 7) is 0.291. The molecule has 0 radical (unpaired) electrons. The van der Waals surface area contributed by atoms with Gasteiger partial charge in [-0.15, -0.1) is 0 Å². The van der Waals surface area contributed by atoms with Gasteiger partial charge in [-0.2, -0.15) is 0 Å². The van der Waals surface area contributed by atoms with E-state index in [-0.39, 0.29) is 17.2 Å². The van der Waals surface area contributed by atoms with Gasteiger partial charge in [0.1, 0.15) is 0 Å². The monoisotopic (exact) mass is 312 g/mol. The van der Waals surface area contributed by atoms with Gasteiger partial charge in [0.2, 0.25) is 15.9 Å². The molecule has 7 heteroatoms. The Balaban J connectivity index is 1.86. The van der Waals surface area contributed by atoms with Crippen molar-refractivity contribution in [3.8, 4) is 0 Å². The molecule has 1 saturated carbocycles. The third-order valence-electron chi connectivity index (χ3n) is 3.77. The van der Waals surface area contributed by atoms with Crippen molar-refractivity contribution in [2.45, 2.75) is 49.1 Å². The lowest BCUT2D eigenvalue weighted by Gasteiger charge is -2.21. The molecule has 21 heavy (non-hydrogen) atoms. The van der Waals surface area contributed by atoms with Crippen LogP contribution in [0, 0.1) is 0 Å². The minimum atomic E-state index is -3.70. The van der Waals surface area contributed by atoms with Gasteiger partial charge in [-0.3, -0.25) is 4.79 Å². The smallest absolute Gasteiger partial charge is 0.238 e. The SMILES string of the molecule is NS(=O)(=O)c1ccc(CNC(=O)CC2(O)CCCC2)cc1. The number of nitrogens with one attached hydrogen (secondary N) is 1. The van der Waals surface area contributed by atoms with Crippen molar-refractivity contribution < 1.29 is 18.3 Å². The normalized spacial score (nSPS) is 17.6. The maximum absolute atomic E-state index is 11.8. The Hall–Kier alpha value is -1.44. The fourth-order valence-corrected chi connectivity index (χ4v) is 3.08. The molecule has 0 aromatic heterocycles. The summed E-state index contributed by atoms with van der Waals surface area (Å²) in [5.74, 6) is -0.199. The second-order valence-corrected chi connectivity index (χ2v) is 7.14. The van der Waals surface area contributed by atoms with Gasteiger partial charge in [0.25, 0.3) is 0 Å². The standard InChI is InChI=1S/C14H20N2O4S/c15-21(19,20)12-5-3-11(4-6-12)10-16-13(17)9-14(18)7-1-2-8-14/h3-6,18H,1-2,7-10H2,(H,16,17)(H2,15,19,20). The Kier molecular flexibility index (Phi) is 4.65. The van der Waals surface area contributed by atoms with Gasteiger partial charge in [-0.1, -0.05) is 25.0 Å². The molecule has 0 atom stereocenters. The Morgan fingerprint density at radius 2 is 1.81 bits per heavy atom. The molecule has 0 aliphatic heterocycles. The first kappa shape index (κ1) is 15.9. The van der Waals surface area contributed by atoms with Crippen LogP contribution in [-0.4, -0.2) is 25.0 Å². The minimum Gasteiger partial charge on any atom is -0.389 e. The van der Waals surface area contributed by atoms with E-state index in [1.807, 2.05) is 0 Å². The molecule has 0 saturated heterocycles. The Morgan fingerprint density at radius 1 is 1.24 bits per heavy atom. The van der Waals surface area contributed by atoms with E-state index in [4.69, 9.17) is 5.14 Å². The van der Waals surface area contributed by atoms with Gasteiger partial charge in [0.15, 0.2) is 0 Å². The zero-order valence-electron chi connectivity index (χ0n) is 11.7. The van der Waals surface area contributed by atoms with Crippen LogP contribution in [0.4, 0.5) is 0 Å². The van der Waals surface area contributed by atoms with Crippen LogP contribution in [0.15, 0.2) is 29.2 Å². The van der Waals surface area contributed by atoms with Crippen LogP contribution in [0.3, 0.4) is 0 Å². The molecular formula is C14H20N2O4S. The first-order valence-corrected chi connectivity index (χ1v) is 8.44. The number of hydrogen-bond acceptors (Lipinski definition) is 4. The first-order valence-electron chi connectivity index (χ1n) is 6.89. The van der Waals surface area contributed by atoms with Crippen molar-refractivity contribution in [3.05, 3.63) is 29.8 Å². The highest BCUT2D eigenvalue weighted by Gasteiger charge is 2.33. The number of carbonyl (C=O) groups is 1. The average molecular weight is 312 g/mol. The fourth-order valence-electron chi connectivity index (χ4n) is 2.57. The van der Waals surface area contributed by atoms with Crippen LogP contribution in [0.25, 0.3) is 0 Å². The Morgan fingerprint density at radius 3 is 2.33 bits per heavy atom. The molecule has 1 fully saturated rings. The molecule has 2 rings (SSSR count). The second kappa shape index (κ2) is 6.13. The zero-order valence-corrected chi connectivity index (χ0v) is 12.5. The zero-order chi connectivity index (χ0) is 15.5. The molecule has 0 heterocycles. The number of sulfonamides is 1. The molecule has 0 spiro atoms. The number of rotatable bonds is 5. The predicted octanol–water partition coefficient (Wildman–Crippen LogP) is 0.645. The molecule has 0 unspecified atom stereocenters. The largest absolute Gasteiger partial charge is 0.389 e. The fraction of sp³-hybridized carbons (Fsp3) is 0.500. The maximum Gasteiger partial charge on any atom is 0.238 e. The summed E-state index contributed by atoms with van der Waals surface area (Å²) < 4.78 is 22.2. The van der Waals surface area contributed by atoms with Crippen molar-refractivity contribution in [1.82, 2.24) is 5.32 Å². The van der Waals surface area contributed by atoms with E-state index in [1.54, 1.807) is 12.1 Å². The summed E-state index contributed by atoms with van der Waals surface area (Å²) >= 11 is 0. The van der Waals surface area contributed by atoms with Crippen LogP contribution in [-0.2, 0) is 21.4 Å². The average Bonchev–Trinajstić information content (AvgIpc) is 2.82. The lowest BCUT2D eigenvalue weighted by atomic mass is 9.97. The van der Waals surface area contributed by atoms with Crippen LogP contribution >= 0.6 is 0 Å². The maximum atomic E-state index is 11.8. The van der Waals surface area contributed by atoms with E-state index >= 15 is 0 Å². The number of primary sulfonamides is 1. The molecule has 4 N–H and O–H groups in total. The molecule has 0 bridgehead atoms. The van der Waals surface area contributed by atoms with E-state index in [0.717, 1.165) is 18.4 Å². The molecule has 1 aromatic carbocycles. The van der Waals surface area contributed by atoms with Crippen molar-refractivity contribution in [2.75, 3.05) is 0 Å². The molecule has 1 aliphatic rings. The summed E-state index contributed by atoms with van der Waals surface area (Å²) in [5, 5.41) is 17.9. The third kappa shape index (κ3) is 4.52. The highest BCUT2D eigenvalue weighted by Crippen LogP contribution is 2.32. The van der Waals surface area contributed by atoms with Crippen molar-refractivity contribution >= 4 is 15.9 Å². The van der Waals surface area contributed by atoms with Crippen molar-refractivity contribution in [1.29, 1.82) is 0 Å². The van der Waals surface area contributed by atoms with Gasteiger partial charge in [-0.25, -0.2) is 13.6 Å². The third-order valence-corrected chi connectivity index (χ3v) is 4.69. The van der Waals surface area contributed by atoms with Gasteiger partial charge in [0.05, 0.1) is 16.9 Å². The van der Waals surface area contributed by atoms with Crippen LogP contribution in [0.1, 0.15) is 37.7 Å².